The molecule has 2 atom stereocenters. The number of aliphatic hydroxyl groups excluding tert-OH is 2. The first-order chi connectivity index (χ1) is 41.0. The van der Waals surface area contributed by atoms with Crippen molar-refractivity contribution in [1.82, 2.24) is 5.32 Å². The largest absolute Gasteiger partial charge is 0.466 e. The number of carbonyl (C=O) groups excluding carboxylic acids is 2. The molecule has 83 heavy (non-hydrogen) atoms. The Hall–Kier alpha value is -2.18. The van der Waals surface area contributed by atoms with Gasteiger partial charge in [-0.15, -0.1) is 0 Å². The summed E-state index contributed by atoms with van der Waals surface area (Å²) in [6, 6.07) is -0.624. The van der Waals surface area contributed by atoms with Crippen molar-refractivity contribution >= 4 is 11.9 Å². The third-order valence-corrected chi connectivity index (χ3v) is 17.3. The Morgan fingerprint density at radius 1 is 0.337 bits per heavy atom. The highest BCUT2D eigenvalue weighted by molar-refractivity contribution is 5.76. The average Bonchev–Trinajstić information content (AvgIpc) is 3.50. The van der Waals surface area contributed by atoms with Crippen LogP contribution in [0.5, 0.6) is 0 Å². The molecule has 0 spiro atoms. The van der Waals surface area contributed by atoms with Crippen molar-refractivity contribution in [3.63, 3.8) is 0 Å². The highest BCUT2D eigenvalue weighted by atomic mass is 16.5. The maximum absolute atomic E-state index is 12.4. The Morgan fingerprint density at radius 3 is 0.928 bits per heavy atom. The van der Waals surface area contributed by atoms with Gasteiger partial charge in [0, 0.05) is 12.8 Å². The number of nitrogens with one attached hydrogen (secondary N) is 1. The van der Waals surface area contributed by atoms with E-state index < -0.39 is 12.1 Å². The number of rotatable bonds is 70. The van der Waals surface area contributed by atoms with E-state index >= 15 is 0 Å². The second-order valence-corrected chi connectivity index (χ2v) is 25.6. The van der Waals surface area contributed by atoms with Crippen molar-refractivity contribution < 1.29 is 24.5 Å². The van der Waals surface area contributed by atoms with E-state index in [9.17, 15) is 19.8 Å². The van der Waals surface area contributed by atoms with Gasteiger partial charge in [-0.25, -0.2) is 0 Å². The predicted molar refractivity (Wildman–Crippen MR) is 366 cm³/mol. The summed E-state index contributed by atoms with van der Waals surface area (Å²) in [4.78, 5) is 24.5. The monoisotopic (exact) mass is 1160 g/mol. The van der Waals surface area contributed by atoms with Crippen molar-refractivity contribution in [2.24, 2.45) is 0 Å². The molecular weight excluding hydrogens is 1020 g/mol. The van der Waals surface area contributed by atoms with E-state index in [4.69, 9.17) is 4.74 Å². The van der Waals surface area contributed by atoms with Crippen LogP contribution in [0.2, 0.25) is 0 Å². The van der Waals surface area contributed by atoms with Gasteiger partial charge in [0.05, 0.1) is 25.4 Å². The van der Waals surface area contributed by atoms with E-state index in [-0.39, 0.29) is 18.5 Å². The molecule has 1 amide bonds. The number of hydrogen-bond donors (Lipinski definition) is 3. The number of unbranched alkanes of at least 4 members (excludes halogenated alkanes) is 53. The minimum Gasteiger partial charge on any atom is -0.466 e. The summed E-state index contributed by atoms with van der Waals surface area (Å²) in [5, 5.41) is 23.0. The lowest BCUT2D eigenvalue weighted by atomic mass is 10.0. The first kappa shape index (κ1) is 80.8. The van der Waals surface area contributed by atoms with Crippen molar-refractivity contribution in [3.8, 4) is 0 Å². The van der Waals surface area contributed by atoms with E-state index in [1.165, 1.54) is 334 Å². The Kier molecular flexibility index (Phi) is 70.4. The molecular formula is C77H145NO5. The first-order valence-corrected chi connectivity index (χ1v) is 37.4. The minimum atomic E-state index is -0.841. The number of hydrogen-bond acceptors (Lipinski definition) is 5. The SMILES string of the molecule is CCCCCCCC/C=C\CCCCCCCCCCCC(=O)OCCCCCCCCCCCCCCC/C=C\C/C=C\CCCCCCCCCCCCCCCCCCCC(=O)NC(CO)C(O)/C=C/CCCCCCCCCC. The lowest BCUT2D eigenvalue weighted by molar-refractivity contribution is -0.143. The van der Waals surface area contributed by atoms with Gasteiger partial charge in [0.2, 0.25) is 5.91 Å². The molecule has 6 nitrogen and oxygen atoms in total. The van der Waals surface area contributed by atoms with Crippen LogP contribution in [0.25, 0.3) is 0 Å². The maximum Gasteiger partial charge on any atom is 0.305 e. The summed E-state index contributed by atoms with van der Waals surface area (Å²) in [7, 11) is 0. The Labute approximate surface area is 518 Å². The second kappa shape index (κ2) is 72.3. The Balaban J connectivity index is 3.34. The van der Waals surface area contributed by atoms with Gasteiger partial charge < -0.3 is 20.3 Å². The van der Waals surface area contributed by atoms with Gasteiger partial charge in [-0.05, 0) is 89.9 Å². The summed E-state index contributed by atoms with van der Waals surface area (Å²) >= 11 is 0. The van der Waals surface area contributed by atoms with Crippen LogP contribution >= 0.6 is 0 Å². The first-order valence-electron chi connectivity index (χ1n) is 37.4. The van der Waals surface area contributed by atoms with E-state index in [0.717, 1.165) is 44.9 Å². The fourth-order valence-electron chi connectivity index (χ4n) is 11.6. The molecule has 0 aromatic heterocycles. The molecule has 0 fully saturated rings. The molecule has 0 aliphatic carbocycles. The predicted octanol–water partition coefficient (Wildman–Crippen LogP) is 24.4. The van der Waals surface area contributed by atoms with E-state index in [1.807, 2.05) is 6.08 Å². The van der Waals surface area contributed by atoms with Gasteiger partial charge in [0.25, 0.3) is 0 Å². The number of esters is 1. The molecule has 0 saturated carbocycles. The summed E-state index contributed by atoms with van der Waals surface area (Å²) < 4.78 is 5.51. The molecule has 0 heterocycles. The molecule has 0 saturated heterocycles. The molecule has 2 unspecified atom stereocenters. The second-order valence-electron chi connectivity index (χ2n) is 25.6. The minimum absolute atomic E-state index is 0.0184. The zero-order valence-corrected chi connectivity index (χ0v) is 55.9. The van der Waals surface area contributed by atoms with Gasteiger partial charge in [-0.2, -0.15) is 0 Å². The van der Waals surface area contributed by atoms with E-state index in [0.29, 0.717) is 19.4 Å². The zero-order chi connectivity index (χ0) is 59.9. The van der Waals surface area contributed by atoms with Crippen LogP contribution in [0, 0.1) is 0 Å². The fourth-order valence-corrected chi connectivity index (χ4v) is 11.6. The van der Waals surface area contributed by atoms with E-state index in [1.54, 1.807) is 6.08 Å². The molecule has 0 aliphatic heterocycles. The topological polar surface area (TPSA) is 95.9 Å². The van der Waals surface area contributed by atoms with Gasteiger partial charge in [-0.3, -0.25) is 9.59 Å². The standard InChI is InChI=1S/C77H145NO5/c1-3-5-7-9-11-13-15-16-17-18-38-42-45-48-51-55-59-63-67-71-77(82)83-72-68-64-60-56-52-49-46-43-40-37-35-33-31-29-27-25-23-21-19-20-22-24-26-28-30-32-34-36-39-41-44-47-50-54-58-62-66-70-76(81)78-74(73-79)75(80)69-65-61-57-53-14-12-10-8-6-4-2/h16-17,19,21,25,27,65,69,74-75,79-80H,3-15,18,20,22-24,26,28-64,66-68,70-73H2,1-2H3,(H,78,81)/b17-16-,21-19-,27-25-,69-65+. The van der Waals surface area contributed by atoms with Crippen LogP contribution in [0.15, 0.2) is 48.6 Å². The van der Waals surface area contributed by atoms with Crippen LogP contribution in [-0.4, -0.2) is 47.4 Å². The van der Waals surface area contributed by atoms with E-state index in [2.05, 4.69) is 55.6 Å². The maximum atomic E-state index is 12.4. The molecule has 0 bridgehead atoms. The number of amides is 1. The van der Waals surface area contributed by atoms with Gasteiger partial charge in [0.1, 0.15) is 0 Å². The number of aliphatic hydroxyl groups is 2. The number of ether oxygens (including phenoxy) is 1. The fraction of sp³-hybridized carbons (Fsp3) is 0.870. The molecule has 0 aromatic carbocycles. The van der Waals surface area contributed by atoms with Crippen LogP contribution in [0.4, 0.5) is 0 Å². The zero-order valence-electron chi connectivity index (χ0n) is 55.9. The Morgan fingerprint density at radius 2 is 0.602 bits per heavy atom. The van der Waals surface area contributed by atoms with Crippen molar-refractivity contribution in [2.75, 3.05) is 13.2 Å². The van der Waals surface area contributed by atoms with Crippen LogP contribution in [-0.2, 0) is 14.3 Å². The quantitative estimate of drug-likeness (QED) is 0.0320. The van der Waals surface area contributed by atoms with Gasteiger partial charge in [-0.1, -0.05) is 351 Å². The Bertz CT molecular complexity index is 1390. The summed E-state index contributed by atoms with van der Waals surface area (Å²) in [5.74, 6) is -0.0476. The molecule has 488 valence electrons. The molecule has 0 radical (unpaired) electrons. The highest BCUT2D eigenvalue weighted by Gasteiger charge is 2.18. The van der Waals surface area contributed by atoms with Crippen molar-refractivity contribution in [2.45, 2.75) is 418 Å². The van der Waals surface area contributed by atoms with Gasteiger partial charge >= 0.3 is 5.97 Å². The van der Waals surface area contributed by atoms with Gasteiger partial charge in [0.15, 0.2) is 0 Å². The summed E-state index contributed by atoms with van der Waals surface area (Å²) in [5.41, 5.74) is 0. The molecule has 0 aliphatic rings. The van der Waals surface area contributed by atoms with Crippen molar-refractivity contribution in [1.29, 1.82) is 0 Å². The lowest BCUT2D eigenvalue weighted by Gasteiger charge is -2.20. The van der Waals surface area contributed by atoms with Crippen molar-refractivity contribution in [3.05, 3.63) is 48.6 Å². The number of allylic oxidation sites excluding steroid dienone is 7. The summed E-state index contributed by atoms with van der Waals surface area (Å²) in [6.07, 6.45) is 95.2. The third-order valence-electron chi connectivity index (χ3n) is 17.3. The van der Waals surface area contributed by atoms with Crippen LogP contribution in [0.3, 0.4) is 0 Å². The van der Waals surface area contributed by atoms with Crippen LogP contribution in [0.1, 0.15) is 406 Å². The normalized spacial score (nSPS) is 12.8. The molecule has 0 aromatic rings. The third kappa shape index (κ3) is 68.8. The lowest BCUT2D eigenvalue weighted by Crippen LogP contribution is -2.45. The molecule has 3 N–H and O–H groups in total. The van der Waals surface area contributed by atoms with Crippen LogP contribution < -0.4 is 5.32 Å². The molecule has 6 heteroatoms. The average molecular weight is 1170 g/mol. The summed E-state index contributed by atoms with van der Waals surface area (Å²) in [6.45, 7) is 4.91. The highest BCUT2D eigenvalue weighted by Crippen LogP contribution is 2.18. The smallest absolute Gasteiger partial charge is 0.305 e. The molecule has 0 rings (SSSR count). The number of carbonyl (C=O) groups is 2.